The number of nitrogens with zero attached hydrogens (tertiary/aromatic N) is 3. The zero-order valence-corrected chi connectivity index (χ0v) is 11.6. The molecule has 0 N–H and O–H groups in total. The number of carbonyl (C=O) groups excluding carboxylic acids is 1. The van der Waals surface area contributed by atoms with Gasteiger partial charge in [-0.05, 0) is 24.3 Å². The molecule has 1 fully saturated rings. The number of carbonyl (C=O) groups is 1. The van der Waals surface area contributed by atoms with Crippen LogP contribution in [0.2, 0.25) is 0 Å². The number of hydrogen-bond donors (Lipinski definition) is 0. The van der Waals surface area contributed by atoms with Gasteiger partial charge < -0.3 is 0 Å². The maximum Gasteiger partial charge on any atom is 0.172 e. The third-order valence-electron chi connectivity index (χ3n) is 4.33. The van der Waals surface area contributed by atoms with Crippen LogP contribution in [0.3, 0.4) is 0 Å². The van der Waals surface area contributed by atoms with Crippen LogP contribution in [0, 0.1) is 0 Å². The van der Waals surface area contributed by atoms with Crippen molar-refractivity contribution < 1.29 is 4.79 Å². The van der Waals surface area contributed by atoms with Crippen molar-refractivity contribution in [3.8, 4) is 5.69 Å². The summed E-state index contributed by atoms with van der Waals surface area (Å²) in [5, 5.41) is 10.6. The Bertz CT molecular complexity index is 813. The van der Waals surface area contributed by atoms with E-state index < -0.39 is 0 Å². The van der Waals surface area contributed by atoms with Crippen molar-refractivity contribution in [2.75, 3.05) is 0 Å². The van der Waals surface area contributed by atoms with Crippen molar-refractivity contribution >= 4 is 17.1 Å². The molecule has 0 saturated heterocycles. The smallest absolute Gasteiger partial charge is 0.172 e. The van der Waals surface area contributed by atoms with Gasteiger partial charge in [0.05, 0.1) is 11.4 Å². The van der Waals surface area contributed by atoms with Crippen molar-refractivity contribution in [2.24, 2.45) is 0 Å². The van der Waals surface area contributed by atoms with Crippen LogP contribution >= 0.6 is 0 Å². The fraction of sp³-hybridized carbons (Fsp3) is 0.235. The highest BCUT2D eigenvalue weighted by molar-refractivity contribution is 5.90. The second-order valence-electron chi connectivity index (χ2n) is 5.52. The second-order valence-corrected chi connectivity index (χ2v) is 5.52. The SMILES string of the molecule is O=Cc1nnn(-c2cccc3ccccc23)c1C1CCC1. The zero-order valence-electron chi connectivity index (χ0n) is 11.6. The van der Waals surface area contributed by atoms with Crippen LogP contribution in [0.1, 0.15) is 41.4 Å². The van der Waals surface area contributed by atoms with E-state index in [4.69, 9.17) is 0 Å². The average Bonchev–Trinajstić information content (AvgIpc) is 2.88. The predicted octanol–water partition coefficient (Wildman–Crippen LogP) is 3.50. The van der Waals surface area contributed by atoms with Gasteiger partial charge in [-0.1, -0.05) is 48.0 Å². The number of aldehydes is 1. The molecule has 0 radical (unpaired) electrons. The molecule has 1 aliphatic carbocycles. The molecular formula is C17H15N3O. The van der Waals surface area contributed by atoms with Gasteiger partial charge >= 0.3 is 0 Å². The Morgan fingerprint density at radius 2 is 1.90 bits per heavy atom. The molecule has 1 saturated carbocycles. The lowest BCUT2D eigenvalue weighted by Gasteiger charge is -2.26. The quantitative estimate of drug-likeness (QED) is 0.688. The molecule has 4 nitrogen and oxygen atoms in total. The molecule has 0 unspecified atom stereocenters. The van der Waals surface area contributed by atoms with E-state index in [9.17, 15) is 4.79 Å². The van der Waals surface area contributed by atoms with E-state index in [2.05, 4.69) is 28.5 Å². The highest BCUT2D eigenvalue weighted by atomic mass is 16.1. The Balaban J connectivity index is 1.96. The third-order valence-corrected chi connectivity index (χ3v) is 4.33. The van der Waals surface area contributed by atoms with Gasteiger partial charge in [0, 0.05) is 11.3 Å². The first kappa shape index (κ1) is 12.3. The number of fused-ring (bicyclic) bond motifs is 1. The Kier molecular flexibility index (Phi) is 2.81. The summed E-state index contributed by atoms with van der Waals surface area (Å²) in [5.74, 6) is 0.402. The van der Waals surface area contributed by atoms with Crippen LogP contribution in [0.4, 0.5) is 0 Å². The van der Waals surface area contributed by atoms with E-state index in [1.807, 2.05) is 28.9 Å². The summed E-state index contributed by atoms with van der Waals surface area (Å²) in [5.41, 5.74) is 2.44. The summed E-state index contributed by atoms with van der Waals surface area (Å²) in [6, 6.07) is 14.3. The van der Waals surface area contributed by atoms with Gasteiger partial charge in [0.25, 0.3) is 0 Å². The molecule has 21 heavy (non-hydrogen) atoms. The summed E-state index contributed by atoms with van der Waals surface area (Å²) in [4.78, 5) is 11.3. The monoisotopic (exact) mass is 277 g/mol. The maximum absolute atomic E-state index is 11.3. The topological polar surface area (TPSA) is 47.8 Å². The summed E-state index contributed by atoms with van der Waals surface area (Å²) in [6.45, 7) is 0. The number of rotatable bonds is 3. The van der Waals surface area contributed by atoms with Gasteiger partial charge in [0.1, 0.15) is 5.69 Å². The molecule has 4 heteroatoms. The van der Waals surface area contributed by atoms with Crippen LogP contribution in [0.15, 0.2) is 42.5 Å². The molecule has 1 aromatic heterocycles. The van der Waals surface area contributed by atoms with Crippen molar-refractivity contribution in [1.82, 2.24) is 15.0 Å². The first-order valence-electron chi connectivity index (χ1n) is 7.27. The Labute approximate surface area is 122 Å². The summed E-state index contributed by atoms with van der Waals surface area (Å²) >= 11 is 0. The number of hydrogen-bond acceptors (Lipinski definition) is 3. The lowest BCUT2D eigenvalue weighted by atomic mass is 9.82. The van der Waals surface area contributed by atoms with E-state index >= 15 is 0 Å². The Morgan fingerprint density at radius 1 is 1.10 bits per heavy atom. The van der Waals surface area contributed by atoms with E-state index in [0.717, 1.165) is 41.3 Å². The summed E-state index contributed by atoms with van der Waals surface area (Å²) in [6.07, 6.45) is 4.25. The molecule has 1 heterocycles. The van der Waals surface area contributed by atoms with Gasteiger partial charge in [-0.15, -0.1) is 5.10 Å². The largest absolute Gasteiger partial charge is 0.296 e. The minimum absolute atomic E-state index is 0.402. The standard InChI is InChI=1S/C17H15N3O/c21-11-15-17(13-7-3-8-13)20(19-18-15)16-10-4-6-12-5-1-2-9-14(12)16/h1-2,4-6,9-11,13H,3,7-8H2. The predicted molar refractivity (Wildman–Crippen MR) is 80.8 cm³/mol. The first-order valence-corrected chi connectivity index (χ1v) is 7.27. The highest BCUT2D eigenvalue weighted by Crippen LogP contribution is 2.38. The molecule has 0 aliphatic heterocycles. The van der Waals surface area contributed by atoms with E-state index in [1.54, 1.807) is 0 Å². The number of benzene rings is 2. The van der Waals surface area contributed by atoms with Gasteiger partial charge in [0.2, 0.25) is 0 Å². The molecular weight excluding hydrogens is 262 g/mol. The van der Waals surface area contributed by atoms with Crippen molar-refractivity contribution in [3.63, 3.8) is 0 Å². The molecule has 0 amide bonds. The highest BCUT2D eigenvalue weighted by Gasteiger charge is 2.28. The lowest BCUT2D eigenvalue weighted by molar-refractivity contribution is 0.111. The fourth-order valence-electron chi connectivity index (χ4n) is 3.02. The van der Waals surface area contributed by atoms with Gasteiger partial charge in [-0.25, -0.2) is 4.68 Å². The Morgan fingerprint density at radius 3 is 2.67 bits per heavy atom. The van der Waals surface area contributed by atoms with E-state index in [0.29, 0.717) is 11.6 Å². The molecule has 0 atom stereocenters. The van der Waals surface area contributed by atoms with Crippen LogP contribution in [0.25, 0.3) is 16.5 Å². The minimum atomic E-state index is 0.402. The molecule has 3 aromatic rings. The Hall–Kier alpha value is -2.49. The lowest BCUT2D eigenvalue weighted by Crippen LogP contribution is -2.16. The average molecular weight is 277 g/mol. The van der Waals surface area contributed by atoms with Gasteiger partial charge in [0.15, 0.2) is 6.29 Å². The normalized spacial score (nSPS) is 15.0. The maximum atomic E-state index is 11.3. The fourth-order valence-corrected chi connectivity index (χ4v) is 3.02. The van der Waals surface area contributed by atoms with Crippen LogP contribution in [-0.2, 0) is 0 Å². The van der Waals surface area contributed by atoms with Crippen molar-refractivity contribution in [2.45, 2.75) is 25.2 Å². The van der Waals surface area contributed by atoms with Crippen LogP contribution in [0.5, 0.6) is 0 Å². The van der Waals surface area contributed by atoms with E-state index in [-0.39, 0.29) is 0 Å². The summed E-state index contributed by atoms with van der Waals surface area (Å²) in [7, 11) is 0. The first-order chi connectivity index (χ1) is 10.4. The van der Waals surface area contributed by atoms with Gasteiger partial charge in [-0.2, -0.15) is 0 Å². The molecule has 4 rings (SSSR count). The molecule has 2 aromatic carbocycles. The number of aromatic nitrogens is 3. The molecule has 104 valence electrons. The van der Waals surface area contributed by atoms with Crippen molar-refractivity contribution in [1.29, 1.82) is 0 Å². The van der Waals surface area contributed by atoms with Crippen LogP contribution in [-0.4, -0.2) is 21.3 Å². The molecule has 0 bridgehead atoms. The molecule has 0 spiro atoms. The molecule has 1 aliphatic rings. The third kappa shape index (κ3) is 1.87. The van der Waals surface area contributed by atoms with Crippen molar-refractivity contribution in [3.05, 3.63) is 53.9 Å². The van der Waals surface area contributed by atoms with Crippen LogP contribution < -0.4 is 0 Å². The summed E-state index contributed by atoms with van der Waals surface area (Å²) < 4.78 is 1.86. The zero-order chi connectivity index (χ0) is 14.2. The van der Waals surface area contributed by atoms with Gasteiger partial charge in [-0.3, -0.25) is 4.79 Å². The van der Waals surface area contributed by atoms with E-state index in [1.165, 1.54) is 6.42 Å². The minimum Gasteiger partial charge on any atom is -0.296 e. The second kappa shape index (κ2) is 4.81.